The predicted molar refractivity (Wildman–Crippen MR) is 59.5 cm³/mol. The molecule has 0 radical (unpaired) electrons. The first-order valence-electron chi connectivity index (χ1n) is 5.75. The van der Waals surface area contributed by atoms with Crippen molar-refractivity contribution in [1.29, 1.82) is 0 Å². The molecule has 0 aromatic heterocycles. The van der Waals surface area contributed by atoms with Gasteiger partial charge in [0.15, 0.2) is 0 Å². The van der Waals surface area contributed by atoms with Gasteiger partial charge in [0.05, 0.1) is 6.42 Å². The third-order valence-electron chi connectivity index (χ3n) is 2.60. The van der Waals surface area contributed by atoms with Gasteiger partial charge in [0.1, 0.15) is 12.6 Å². The molecule has 7 nitrogen and oxygen atoms in total. The normalized spacial score (nSPS) is 16.4. The SMILES string of the molecule is NC(=O)C[C@@H](NC(=O)N(CC(F)(F)F)C1CC1)C(=O)O. The molecule has 1 aliphatic carbocycles. The Balaban J connectivity index is 2.69. The van der Waals surface area contributed by atoms with Crippen molar-refractivity contribution in [3.8, 4) is 0 Å². The van der Waals surface area contributed by atoms with Crippen LogP contribution in [0.15, 0.2) is 0 Å². The minimum absolute atomic E-state index is 0.428. The van der Waals surface area contributed by atoms with E-state index in [2.05, 4.69) is 0 Å². The van der Waals surface area contributed by atoms with Crippen LogP contribution in [0.4, 0.5) is 18.0 Å². The molecule has 114 valence electrons. The zero-order valence-corrected chi connectivity index (χ0v) is 10.3. The second kappa shape index (κ2) is 5.97. The third-order valence-corrected chi connectivity index (χ3v) is 2.60. The van der Waals surface area contributed by atoms with Gasteiger partial charge in [0.2, 0.25) is 5.91 Å². The molecule has 0 heterocycles. The molecule has 10 heteroatoms. The Kier molecular flexibility index (Phi) is 4.79. The molecule has 0 saturated heterocycles. The zero-order valence-electron chi connectivity index (χ0n) is 10.3. The number of carbonyl (C=O) groups is 3. The number of amides is 3. The third kappa shape index (κ3) is 5.33. The van der Waals surface area contributed by atoms with Crippen molar-refractivity contribution in [1.82, 2.24) is 10.2 Å². The monoisotopic (exact) mass is 297 g/mol. The van der Waals surface area contributed by atoms with Crippen LogP contribution in [0.1, 0.15) is 19.3 Å². The molecule has 0 unspecified atom stereocenters. The maximum Gasteiger partial charge on any atom is 0.406 e. The number of nitrogens with two attached hydrogens (primary N) is 1. The van der Waals surface area contributed by atoms with Crippen LogP contribution in [0.3, 0.4) is 0 Å². The van der Waals surface area contributed by atoms with Crippen LogP contribution in [0.25, 0.3) is 0 Å². The van der Waals surface area contributed by atoms with Gasteiger partial charge in [-0.3, -0.25) is 4.79 Å². The van der Waals surface area contributed by atoms with Crippen LogP contribution in [0.5, 0.6) is 0 Å². The van der Waals surface area contributed by atoms with E-state index in [4.69, 9.17) is 10.8 Å². The van der Waals surface area contributed by atoms with Gasteiger partial charge < -0.3 is 21.1 Å². The van der Waals surface area contributed by atoms with E-state index < -0.39 is 49.1 Å². The number of carboxylic acids is 1. The molecule has 0 aromatic rings. The molecule has 3 amide bonds. The van der Waals surface area contributed by atoms with Crippen molar-refractivity contribution in [2.45, 2.75) is 37.5 Å². The van der Waals surface area contributed by atoms with Crippen molar-refractivity contribution in [2.75, 3.05) is 6.54 Å². The first-order chi connectivity index (χ1) is 9.10. The Bertz CT molecular complexity index is 409. The molecular weight excluding hydrogens is 283 g/mol. The highest BCUT2D eigenvalue weighted by Crippen LogP contribution is 2.30. The van der Waals surface area contributed by atoms with E-state index in [0.29, 0.717) is 17.7 Å². The van der Waals surface area contributed by atoms with Crippen LogP contribution < -0.4 is 11.1 Å². The van der Waals surface area contributed by atoms with Crippen LogP contribution in [0, 0.1) is 0 Å². The van der Waals surface area contributed by atoms with Crippen LogP contribution in [0.2, 0.25) is 0 Å². The topological polar surface area (TPSA) is 113 Å². The van der Waals surface area contributed by atoms with E-state index in [0.717, 1.165) is 0 Å². The number of alkyl halides is 3. The fourth-order valence-corrected chi connectivity index (χ4v) is 1.58. The summed E-state index contributed by atoms with van der Waals surface area (Å²) in [5.41, 5.74) is 4.81. The standard InChI is InChI=1S/C10H14F3N3O4/c11-10(12,13)4-16(5-1-2-5)9(20)15-6(8(18)19)3-7(14)17/h5-6H,1-4H2,(H2,14,17)(H,15,20)(H,18,19)/t6-/m1/s1. The molecule has 0 aromatic carbocycles. The highest BCUT2D eigenvalue weighted by Gasteiger charge is 2.41. The summed E-state index contributed by atoms with van der Waals surface area (Å²) >= 11 is 0. The second-order valence-corrected chi connectivity index (χ2v) is 4.49. The average molecular weight is 297 g/mol. The second-order valence-electron chi connectivity index (χ2n) is 4.49. The lowest BCUT2D eigenvalue weighted by Crippen LogP contribution is -2.52. The van der Waals surface area contributed by atoms with E-state index in [1.54, 1.807) is 0 Å². The van der Waals surface area contributed by atoms with E-state index >= 15 is 0 Å². The number of urea groups is 1. The Morgan fingerprint density at radius 1 is 1.35 bits per heavy atom. The first-order valence-corrected chi connectivity index (χ1v) is 5.75. The van der Waals surface area contributed by atoms with Crippen molar-refractivity contribution in [2.24, 2.45) is 5.73 Å². The molecule has 0 spiro atoms. The molecule has 4 N–H and O–H groups in total. The predicted octanol–water partition coefficient (Wildman–Crippen LogP) is 0.0513. The highest BCUT2D eigenvalue weighted by molar-refractivity contribution is 5.87. The summed E-state index contributed by atoms with van der Waals surface area (Å²) in [7, 11) is 0. The molecule has 1 rings (SSSR count). The maximum absolute atomic E-state index is 12.3. The Labute approximate surface area is 111 Å². The lowest BCUT2D eigenvalue weighted by atomic mass is 10.2. The minimum atomic E-state index is -4.58. The number of halogens is 3. The molecule has 1 fully saturated rings. The molecule has 1 atom stereocenters. The highest BCUT2D eigenvalue weighted by atomic mass is 19.4. The number of rotatable bonds is 6. The number of carbonyl (C=O) groups excluding carboxylic acids is 2. The summed E-state index contributed by atoms with van der Waals surface area (Å²) in [6, 6.07) is -3.37. The van der Waals surface area contributed by atoms with Crippen LogP contribution >= 0.6 is 0 Å². The Morgan fingerprint density at radius 3 is 2.25 bits per heavy atom. The van der Waals surface area contributed by atoms with Gasteiger partial charge in [-0.05, 0) is 12.8 Å². The maximum atomic E-state index is 12.3. The van der Waals surface area contributed by atoms with Gasteiger partial charge >= 0.3 is 18.2 Å². The molecule has 20 heavy (non-hydrogen) atoms. The molecular formula is C10H14F3N3O4. The number of nitrogens with zero attached hydrogens (tertiary/aromatic N) is 1. The number of aliphatic carboxylic acids is 1. The molecule has 1 saturated carbocycles. The summed E-state index contributed by atoms with van der Waals surface area (Å²) in [5.74, 6) is -2.52. The van der Waals surface area contributed by atoms with Crippen molar-refractivity contribution in [3.05, 3.63) is 0 Å². The van der Waals surface area contributed by atoms with Gasteiger partial charge in [-0.1, -0.05) is 0 Å². The van der Waals surface area contributed by atoms with E-state index in [1.165, 1.54) is 0 Å². The van der Waals surface area contributed by atoms with Crippen LogP contribution in [-0.2, 0) is 9.59 Å². The fourth-order valence-electron chi connectivity index (χ4n) is 1.58. The Morgan fingerprint density at radius 2 is 1.90 bits per heavy atom. The largest absolute Gasteiger partial charge is 0.480 e. The van der Waals surface area contributed by atoms with Gasteiger partial charge in [0.25, 0.3) is 0 Å². The van der Waals surface area contributed by atoms with Gasteiger partial charge in [-0.25, -0.2) is 9.59 Å². The van der Waals surface area contributed by atoms with E-state index in [-0.39, 0.29) is 0 Å². The van der Waals surface area contributed by atoms with Gasteiger partial charge in [0, 0.05) is 6.04 Å². The summed E-state index contributed by atoms with van der Waals surface area (Å²) in [5, 5.41) is 10.7. The summed E-state index contributed by atoms with van der Waals surface area (Å²) in [6.07, 6.45) is -4.41. The first kappa shape index (κ1) is 16.1. The lowest BCUT2D eigenvalue weighted by molar-refractivity contribution is -0.142. The van der Waals surface area contributed by atoms with Gasteiger partial charge in [-0.2, -0.15) is 13.2 Å². The average Bonchev–Trinajstić information content (AvgIpc) is 3.06. The zero-order chi connectivity index (χ0) is 15.5. The van der Waals surface area contributed by atoms with Crippen molar-refractivity contribution in [3.63, 3.8) is 0 Å². The Hall–Kier alpha value is -2.00. The molecule has 0 aliphatic heterocycles. The van der Waals surface area contributed by atoms with E-state index in [1.807, 2.05) is 5.32 Å². The smallest absolute Gasteiger partial charge is 0.406 e. The lowest BCUT2D eigenvalue weighted by Gasteiger charge is -2.25. The molecule has 1 aliphatic rings. The number of primary amides is 1. The number of nitrogens with one attached hydrogen (secondary N) is 1. The van der Waals surface area contributed by atoms with E-state index in [9.17, 15) is 27.6 Å². The number of hydrogen-bond acceptors (Lipinski definition) is 3. The minimum Gasteiger partial charge on any atom is -0.480 e. The number of carboxylic acid groups (broad SMARTS) is 1. The summed E-state index contributed by atoms with van der Waals surface area (Å²) < 4.78 is 37.0. The van der Waals surface area contributed by atoms with Crippen molar-refractivity contribution < 1.29 is 32.7 Å². The summed E-state index contributed by atoms with van der Waals surface area (Å²) in [4.78, 5) is 33.7. The van der Waals surface area contributed by atoms with Gasteiger partial charge in [-0.15, -0.1) is 0 Å². The molecule has 0 bridgehead atoms. The summed E-state index contributed by atoms with van der Waals surface area (Å²) in [6.45, 7) is -1.47. The van der Waals surface area contributed by atoms with Crippen LogP contribution in [-0.4, -0.2) is 52.7 Å². The quantitative estimate of drug-likeness (QED) is 0.643. The number of hydrogen-bond donors (Lipinski definition) is 3. The fraction of sp³-hybridized carbons (Fsp3) is 0.700. The van der Waals surface area contributed by atoms with Crippen molar-refractivity contribution >= 4 is 17.9 Å².